The van der Waals surface area contributed by atoms with Gasteiger partial charge in [-0.1, -0.05) is 35.4 Å². The fourth-order valence-corrected chi connectivity index (χ4v) is 7.36. The van der Waals surface area contributed by atoms with Crippen LogP contribution < -0.4 is 15.1 Å². The number of amides is 1. The number of anilines is 3. The Balaban J connectivity index is 0.000000246. The maximum atomic E-state index is 12.3. The summed E-state index contributed by atoms with van der Waals surface area (Å²) >= 11 is -2.21. The standard InChI is InChI=1S/C21H27N2.C13H14F3NO2.2ClH.Ru/c1-14-9-16(3)20(17(4)10-14)22-7-8-23(13-22)21-18(5)11-15(2)12-19(21)6;1-8(2)19(4)11-6-5-10(7-9(11)3)17-12(18)13(14,15)16;;;/h9-13H,7-8H2,1-6H3;3,5-8H,4H2,1-2H3,(H,17,18);2*1H;/q-1;;;;+2/p-2. The van der Waals surface area contributed by atoms with E-state index in [0.29, 0.717) is 11.3 Å². The summed E-state index contributed by atoms with van der Waals surface area (Å²) in [5.41, 5.74) is 11.3. The number of nitrogens with zero attached hydrogens (tertiary/aromatic N) is 2. The second-order valence-electron chi connectivity index (χ2n) is 11.5. The SMILES string of the molecule is Cc1cc(C)c(N2[CH-]N(c3c(C)cc(C)cc3C)CC2)c(C)c1.[CH2-][O+](c1ccc(NC(=O)C(F)(F)F)cc1[CH]=[Ru]([Cl])[Cl])C(C)C. The van der Waals surface area contributed by atoms with E-state index in [0.717, 1.165) is 13.1 Å². The van der Waals surface area contributed by atoms with Gasteiger partial charge in [-0.25, -0.2) is 0 Å². The predicted molar refractivity (Wildman–Crippen MR) is 179 cm³/mol. The van der Waals surface area contributed by atoms with Crippen molar-refractivity contribution in [3.63, 3.8) is 0 Å². The van der Waals surface area contributed by atoms with Crippen LogP contribution in [0, 0.1) is 55.3 Å². The van der Waals surface area contributed by atoms with E-state index in [-0.39, 0.29) is 11.8 Å². The molecule has 45 heavy (non-hydrogen) atoms. The number of rotatable bonds is 6. The third-order valence-corrected chi connectivity index (χ3v) is 9.10. The van der Waals surface area contributed by atoms with E-state index in [1.807, 2.05) is 13.8 Å². The zero-order chi connectivity index (χ0) is 33.8. The van der Waals surface area contributed by atoms with Gasteiger partial charge in [0, 0.05) is 24.5 Å². The summed E-state index contributed by atoms with van der Waals surface area (Å²) in [7, 11) is 15.5. The van der Waals surface area contributed by atoms with Crippen LogP contribution in [0.2, 0.25) is 0 Å². The monoisotopic (exact) mass is 752 g/mol. The molecule has 1 aliphatic rings. The first-order valence-corrected chi connectivity index (χ1v) is 19.8. The Bertz CT molecular complexity index is 1460. The molecule has 1 heterocycles. The van der Waals surface area contributed by atoms with Gasteiger partial charge in [0.05, 0.1) is 0 Å². The molecule has 248 valence electrons. The van der Waals surface area contributed by atoms with E-state index in [9.17, 15) is 18.0 Å². The zero-order valence-electron chi connectivity index (χ0n) is 26.8. The first kappa shape index (κ1) is 36.9. The molecule has 1 aliphatic heterocycles. The number of hydrogen-bond acceptors (Lipinski definition) is 3. The second-order valence-corrected chi connectivity index (χ2v) is 17.2. The molecule has 0 aromatic heterocycles. The summed E-state index contributed by atoms with van der Waals surface area (Å²) in [6, 6.07) is 13.4. The second kappa shape index (κ2) is 15.3. The van der Waals surface area contributed by atoms with E-state index in [4.69, 9.17) is 19.4 Å². The van der Waals surface area contributed by atoms with Gasteiger partial charge in [-0.2, -0.15) is 6.67 Å². The van der Waals surface area contributed by atoms with Crippen molar-refractivity contribution in [1.82, 2.24) is 0 Å². The first-order chi connectivity index (χ1) is 20.9. The number of aryl methyl sites for hydroxylation is 6. The number of hydrogen-bond donors (Lipinski definition) is 1. The third kappa shape index (κ3) is 9.70. The Morgan fingerprint density at radius 3 is 1.73 bits per heavy atom. The van der Waals surface area contributed by atoms with Crippen molar-refractivity contribution in [3.05, 3.63) is 95.2 Å². The molecular formula is C34H41Cl2F3N3O2Ru-. The molecule has 3 aromatic carbocycles. The van der Waals surface area contributed by atoms with Gasteiger partial charge in [-0.3, -0.25) is 0 Å². The fourth-order valence-electron chi connectivity index (χ4n) is 5.57. The minimum atomic E-state index is -4.95. The van der Waals surface area contributed by atoms with E-state index in [1.165, 1.54) is 63.0 Å². The molecule has 0 unspecified atom stereocenters. The minimum absolute atomic E-state index is 0.00108. The van der Waals surface area contributed by atoms with Crippen molar-refractivity contribution in [2.24, 2.45) is 0 Å². The van der Waals surface area contributed by atoms with Crippen LogP contribution in [0.5, 0.6) is 5.75 Å². The van der Waals surface area contributed by atoms with Gasteiger partial charge in [0.25, 0.3) is 0 Å². The summed E-state index contributed by atoms with van der Waals surface area (Å²) < 4.78 is 41.0. The van der Waals surface area contributed by atoms with Crippen molar-refractivity contribution >= 4 is 47.0 Å². The van der Waals surface area contributed by atoms with Crippen molar-refractivity contribution in [2.45, 2.75) is 67.7 Å². The van der Waals surface area contributed by atoms with E-state index in [1.54, 1.807) is 9.93 Å². The summed E-state index contributed by atoms with van der Waals surface area (Å²) in [5.74, 6) is -1.46. The van der Waals surface area contributed by atoms with Gasteiger partial charge in [0.2, 0.25) is 0 Å². The summed E-state index contributed by atoms with van der Waals surface area (Å²) in [6.07, 6.45) is -4.97. The van der Waals surface area contributed by atoms with Gasteiger partial charge in [-0.15, -0.1) is 0 Å². The van der Waals surface area contributed by atoms with Crippen LogP contribution in [0.15, 0.2) is 42.5 Å². The van der Waals surface area contributed by atoms with Crippen LogP contribution >= 0.6 is 19.4 Å². The molecule has 5 nitrogen and oxygen atoms in total. The quantitative estimate of drug-likeness (QED) is 0.155. The van der Waals surface area contributed by atoms with Crippen LogP contribution in [0.3, 0.4) is 0 Å². The van der Waals surface area contributed by atoms with Crippen LogP contribution in [0.25, 0.3) is 0 Å². The molecule has 3 aromatic rings. The summed E-state index contributed by atoms with van der Waals surface area (Å²) in [4.78, 5) is 15.8. The summed E-state index contributed by atoms with van der Waals surface area (Å²) in [5, 5.41) is 1.79. The van der Waals surface area contributed by atoms with E-state index < -0.39 is 25.6 Å². The van der Waals surface area contributed by atoms with Crippen molar-refractivity contribution in [3.8, 4) is 5.75 Å². The Morgan fingerprint density at radius 2 is 1.36 bits per heavy atom. The fraction of sp³-hybridized carbons (Fsp3) is 0.353. The maximum absolute atomic E-state index is 12.3. The first-order valence-electron chi connectivity index (χ1n) is 14.3. The van der Waals surface area contributed by atoms with Crippen LogP contribution in [0.1, 0.15) is 52.8 Å². The molecule has 0 atom stereocenters. The number of alkyl halides is 3. The molecule has 0 saturated carbocycles. The molecule has 0 bridgehead atoms. The molecule has 1 amide bonds. The zero-order valence-corrected chi connectivity index (χ0v) is 30.1. The third-order valence-electron chi connectivity index (χ3n) is 7.27. The number of carbonyl (C=O) groups excluding carboxylic acids is 1. The molecule has 4 rings (SSSR count). The molecule has 11 heteroatoms. The topological polar surface area (TPSA) is 38.3 Å². The Hall–Kier alpha value is -2.61. The van der Waals surface area contributed by atoms with Crippen LogP contribution in [0.4, 0.5) is 30.2 Å². The number of nitrogens with one attached hydrogen (secondary N) is 1. The van der Waals surface area contributed by atoms with E-state index in [2.05, 4.69) is 93.8 Å². The number of halogens is 5. The number of carbonyl (C=O) groups is 1. The molecular weight excluding hydrogens is 711 g/mol. The van der Waals surface area contributed by atoms with Crippen molar-refractivity contribution < 1.29 is 35.9 Å². The van der Waals surface area contributed by atoms with Crippen molar-refractivity contribution in [1.29, 1.82) is 0 Å². The van der Waals surface area contributed by atoms with Gasteiger partial charge in [0.15, 0.2) is 0 Å². The molecule has 1 N–H and O–H groups in total. The average molecular weight is 753 g/mol. The average Bonchev–Trinajstić information content (AvgIpc) is 3.35. The summed E-state index contributed by atoms with van der Waals surface area (Å²) in [6.45, 7) is 21.3. The van der Waals surface area contributed by atoms with E-state index >= 15 is 0 Å². The van der Waals surface area contributed by atoms with Crippen molar-refractivity contribution in [2.75, 3.05) is 28.2 Å². The molecule has 1 fully saturated rings. The van der Waals surface area contributed by atoms with Crippen LogP contribution in [-0.4, -0.2) is 35.9 Å². The Morgan fingerprint density at radius 1 is 0.911 bits per heavy atom. The normalized spacial score (nSPS) is 13.4. The molecule has 1 saturated heterocycles. The van der Waals surface area contributed by atoms with Gasteiger partial charge < -0.3 is 9.80 Å². The Labute approximate surface area is 278 Å². The molecule has 0 spiro atoms. The van der Waals surface area contributed by atoms with Gasteiger partial charge in [-0.05, 0) is 63.8 Å². The van der Waals surface area contributed by atoms with Crippen LogP contribution in [-0.2, 0) is 22.7 Å². The predicted octanol–water partition coefficient (Wildman–Crippen LogP) is 9.71. The molecule has 0 radical (unpaired) electrons. The number of benzene rings is 3. The Kier molecular flexibility index (Phi) is 12.5. The molecule has 0 aliphatic carbocycles. The van der Waals surface area contributed by atoms with Gasteiger partial charge in [0.1, 0.15) is 0 Å². The van der Waals surface area contributed by atoms with Gasteiger partial charge >= 0.3 is 140 Å².